The minimum absolute atomic E-state index is 0.0510. The molecule has 12 heterocycles. The first-order valence-corrected chi connectivity index (χ1v) is 42.2. The number of nitrogens with one attached hydrogen (secondary N) is 6. The molecule has 5 saturated heterocycles. The summed E-state index contributed by atoms with van der Waals surface area (Å²) in [5, 5.41) is 114. The molecule has 4 aromatic carbocycles. The van der Waals surface area contributed by atoms with Crippen molar-refractivity contribution in [3.8, 4) is 98.7 Å². The van der Waals surface area contributed by atoms with Crippen molar-refractivity contribution in [2.75, 3.05) is 66.9 Å². The first-order chi connectivity index (χ1) is 54.3. The molecule has 7 aromatic heterocycles. The Kier molecular flexibility index (Phi) is 22.7. The monoisotopic (exact) mass is 1640 g/mol. The molecule has 27 nitrogen and oxygen atoms in total. The maximum Gasteiger partial charge on any atom is 0.208 e. The Balaban J connectivity index is 0.000000127. The van der Waals surface area contributed by atoms with Crippen LogP contribution in [0.25, 0.3) is 75.7 Å². The second-order valence-corrected chi connectivity index (χ2v) is 39.5. The zero-order chi connectivity index (χ0) is 82.1. The van der Waals surface area contributed by atoms with Crippen LogP contribution in [0.1, 0.15) is 157 Å². The summed E-state index contributed by atoms with van der Waals surface area (Å²) in [4.78, 5) is 20.7. The number of piperidine rings is 4. The molecule has 0 unspecified atom stereocenters. The van der Waals surface area contributed by atoms with Crippen LogP contribution in [0.4, 0.5) is 29.3 Å². The van der Waals surface area contributed by atoms with Crippen LogP contribution in [-0.4, -0.2) is 196 Å². The predicted octanol–water partition coefficient (Wildman–Crippen LogP) is 14.7. The number of benzene rings is 4. The SMILES string of the molecule is CN(c1nnc(-c2c(O)cc(-c3cn[nH]c3)c(F)c2F)s1)C1CC(C)(C)NC(C)(C)C1.CN(c1nnc(-c2cc3c(cc2O)C(=O)CC3)s1)C1CC(C)(C)NC(C)(C)C1.CN(c1nnc(-c2ccc(-c3cn[nH]c3)cc2O)s1)C1CC(C)(C)NC(C)(C)C1.Cn1cc(-c2ccc(-c3nnc(N4CC5(CCCNC5)C4)s3)c(O)c2)cn1. The van der Waals surface area contributed by atoms with E-state index >= 15 is 0 Å². The Hall–Kier alpha value is -9.48. The standard InChI is InChI=1S/C21H26F2N6OS.C21H28N6OS.C21H28N4O2S.C19H22N6OS/c1-20(2)7-12(8-21(3,4)28-20)29(5)19-27-26-18(31-19)15-14(30)6-13(16(22)17(15)23)11-9-24-25-10-11;1-20(2)9-15(10-21(3,4)26-20)27(5)19-25-24-18(29-19)16-7-6-13(8-17(16)28)14-11-22-23-12-14;1-20(2)10-13(11-21(3,4)24-20)25(5)19-23-22-18(28-19)15-8-12-6-7-16(26)14(12)9-17(15)27;1-24-9-14(8-21-24)13-3-4-15(16(26)7-13)17-22-23-18(27-17)25-11-19(12-25)5-2-6-20-10-19/h6,9-10,12,28,30H,7-8H2,1-5H3,(H,24,25);6-8,11-12,15,26,28H,9-10H2,1-5H3,(H,22,23);8-9,13,24,27H,6-7,10-11H2,1-5H3;3-4,7-9,20,26H,2,5-6,10-12H2,1H3. The van der Waals surface area contributed by atoms with E-state index in [1.165, 1.54) is 54.0 Å². The van der Waals surface area contributed by atoms with Gasteiger partial charge in [-0.25, -0.2) is 8.78 Å². The van der Waals surface area contributed by atoms with Crippen molar-refractivity contribution in [3.63, 3.8) is 0 Å². The normalized spacial score (nSPS) is 19.1. The van der Waals surface area contributed by atoms with E-state index in [-0.39, 0.29) is 78.4 Å². The fraction of sp³-hybridized carbons (Fsp3) is 0.488. The molecule has 5 fully saturated rings. The zero-order valence-corrected chi connectivity index (χ0v) is 71.3. The van der Waals surface area contributed by atoms with Crippen molar-refractivity contribution < 1.29 is 34.0 Å². The van der Waals surface area contributed by atoms with Gasteiger partial charge in [0.05, 0.1) is 40.8 Å². The number of carbonyl (C=O) groups excluding carboxylic acids is 1. The van der Waals surface area contributed by atoms with Crippen LogP contribution in [-0.2, 0) is 13.5 Å². The van der Waals surface area contributed by atoms with E-state index in [0.29, 0.717) is 56.3 Å². The summed E-state index contributed by atoms with van der Waals surface area (Å²) in [5.74, 6) is -2.01. The van der Waals surface area contributed by atoms with Crippen LogP contribution in [0.3, 0.4) is 0 Å². The number of aromatic hydroxyl groups is 4. The number of Topliss-reactive ketones (excluding diaryl/α,β-unsaturated/α-hetero) is 1. The molecule has 115 heavy (non-hydrogen) atoms. The first kappa shape index (κ1) is 82.1. The molecule has 11 aromatic rings. The smallest absolute Gasteiger partial charge is 0.208 e. The van der Waals surface area contributed by atoms with Crippen LogP contribution in [0, 0.1) is 17.0 Å². The molecule has 33 heteroatoms. The molecular formula is C82H104F2N22O5S4. The highest BCUT2D eigenvalue weighted by Gasteiger charge is 2.46. The molecule has 610 valence electrons. The second-order valence-electron chi connectivity index (χ2n) is 35.6. The average molecular weight is 1640 g/mol. The number of carbonyl (C=O) groups is 1. The molecule has 1 spiro atoms. The van der Waals surface area contributed by atoms with E-state index < -0.39 is 17.4 Å². The Bertz CT molecular complexity index is 5240. The third kappa shape index (κ3) is 18.4. The number of H-pyrrole nitrogens is 2. The fourth-order valence-corrected chi connectivity index (χ4v) is 21.6. The molecule has 17 rings (SSSR count). The van der Waals surface area contributed by atoms with Crippen molar-refractivity contribution >= 4 is 71.7 Å². The van der Waals surface area contributed by atoms with Crippen molar-refractivity contribution in [1.82, 2.24) is 92.2 Å². The summed E-state index contributed by atoms with van der Waals surface area (Å²) >= 11 is 5.67. The Morgan fingerprint density at radius 2 is 0.930 bits per heavy atom. The van der Waals surface area contributed by atoms with Gasteiger partial charge in [0.1, 0.15) is 23.0 Å². The molecule has 10 N–H and O–H groups in total. The number of aryl methyl sites for hydroxylation is 2. The third-order valence-corrected chi connectivity index (χ3v) is 26.6. The van der Waals surface area contributed by atoms with Crippen LogP contribution < -0.4 is 40.9 Å². The lowest BCUT2D eigenvalue weighted by molar-refractivity contribution is 0.0994. The van der Waals surface area contributed by atoms with Gasteiger partial charge >= 0.3 is 0 Å². The maximum atomic E-state index is 14.9. The van der Waals surface area contributed by atoms with Gasteiger partial charge in [-0.2, -0.15) is 15.3 Å². The molecule has 1 aliphatic carbocycles. The van der Waals surface area contributed by atoms with E-state index in [1.54, 1.807) is 52.8 Å². The lowest BCUT2D eigenvalue weighted by Crippen LogP contribution is -2.62. The van der Waals surface area contributed by atoms with Crippen LogP contribution in [0.5, 0.6) is 23.0 Å². The van der Waals surface area contributed by atoms with Crippen LogP contribution in [0.2, 0.25) is 0 Å². The van der Waals surface area contributed by atoms with Gasteiger partial charge in [0.2, 0.25) is 20.5 Å². The molecule has 5 aliphatic heterocycles. The highest BCUT2D eigenvalue weighted by atomic mass is 32.1. The van der Waals surface area contributed by atoms with E-state index in [2.05, 4.69) is 199 Å². The number of aromatic amines is 2. The van der Waals surface area contributed by atoms with Crippen molar-refractivity contribution in [1.29, 1.82) is 0 Å². The quantitative estimate of drug-likeness (QED) is 0.0483. The second kappa shape index (κ2) is 31.9. The van der Waals surface area contributed by atoms with Gasteiger partial charge in [0.25, 0.3) is 0 Å². The molecule has 0 amide bonds. The third-order valence-electron chi connectivity index (χ3n) is 22.5. The highest BCUT2D eigenvalue weighted by Crippen LogP contribution is 2.47. The summed E-state index contributed by atoms with van der Waals surface area (Å²) < 4.78 is 31.4. The number of hydrogen-bond acceptors (Lipinski definition) is 28. The molecule has 0 atom stereocenters. The minimum atomic E-state index is -1.16. The fourth-order valence-electron chi connectivity index (χ4n) is 18.0. The van der Waals surface area contributed by atoms with Gasteiger partial charge in [-0.3, -0.25) is 19.7 Å². The van der Waals surface area contributed by atoms with Gasteiger partial charge in [-0.05, 0) is 207 Å². The van der Waals surface area contributed by atoms with E-state index in [1.807, 2.05) is 55.5 Å². The topological polar surface area (TPSA) is 337 Å². The van der Waals surface area contributed by atoms with Gasteiger partial charge in [-0.1, -0.05) is 57.5 Å². The first-order valence-electron chi connectivity index (χ1n) is 38.9. The zero-order valence-electron chi connectivity index (χ0n) is 68.0. The lowest BCUT2D eigenvalue weighted by atomic mass is 9.74. The number of hydrogen-bond donors (Lipinski definition) is 10. The number of halogens is 2. The van der Waals surface area contributed by atoms with E-state index in [9.17, 15) is 34.0 Å². The van der Waals surface area contributed by atoms with E-state index in [4.69, 9.17) is 0 Å². The van der Waals surface area contributed by atoms with Crippen molar-refractivity contribution in [3.05, 3.63) is 115 Å². The summed E-state index contributed by atoms with van der Waals surface area (Å²) in [6, 6.07) is 16.8. The summed E-state index contributed by atoms with van der Waals surface area (Å²) in [5.41, 5.74) is 7.99. The number of nitrogens with zero attached hydrogens (tertiary/aromatic N) is 16. The number of fused-ring (bicyclic) bond motifs is 1. The molecule has 0 saturated carbocycles. The molecule has 0 radical (unpaired) electrons. The van der Waals surface area contributed by atoms with E-state index in [0.717, 1.165) is 141 Å². The average Bonchev–Trinajstić information content (AvgIpc) is 1.71. The highest BCUT2D eigenvalue weighted by molar-refractivity contribution is 7.19. The number of anilines is 4. The molecule has 6 aliphatic rings. The number of rotatable bonds is 14. The maximum absolute atomic E-state index is 14.9. The van der Waals surface area contributed by atoms with Crippen molar-refractivity contribution in [2.45, 2.75) is 199 Å². The van der Waals surface area contributed by atoms with Crippen LogP contribution in [0.15, 0.2) is 91.8 Å². The Labute approximate surface area is 684 Å². The lowest BCUT2D eigenvalue weighted by Gasteiger charge is -2.52. The number of aromatic nitrogens is 14. The largest absolute Gasteiger partial charge is 0.507 e. The number of phenols is 4. The van der Waals surface area contributed by atoms with Gasteiger partial charge < -0.3 is 61.3 Å². The summed E-state index contributed by atoms with van der Waals surface area (Å²) in [6.07, 6.45) is 19.7. The Morgan fingerprint density at radius 3 is 1.40 bits per heavy atom. The van der Waals surface area contributed by atoms with Crippen LogP contribution >= 0.6 is 45.3 Å². The summed E-state index contributed by atoms with van der Waals surface area (Å²) in [7, 11) is 7.98. The van der Waals surface area contributed by atoms with Gasteiger partial charge in [0, 0.05) is 157 Å². The van der Waals surface area contributed by atoms with Crippen molar-refractivity contribution in [2.24, 2.45) is 12.5 Å². The number of ketones is 1. The molecule has 0 bridgehead atoms. The van der Waals surface area contributed by atoms with Gasteiger partial charge in [0.15, 0.2) is 37.4 Å². The van der Waals surface area contributed by atoms with Gasteiger partial charge in [-0.15, -0.1) is 40.8 Å². The minimum Gasteiger partial charge on any atom is -0.507 e. The number of phenolic OH excluding ortho intramolecular Hbond substituents is 4. The summed E-state index contributed by atoms with van der Waals surface area (Å²) in [6.45, 7) is 30.9. The predicted molar refractivity (Wildman–Crippen MR) is 453 cm³/mol. The Morgan fingerprint density at radius 1 is 0.478 bits per heavy atom. The molecular weight excluding hydrogens is 1540 g/mol.